The van der Waals surface area contributed by atoms with E-state index >= 15 is 0 Å². The van der Waals surface area contributed by atoms with E-state index in [4.69, 9.17) is 14.2 Å². The second-order valence-corrected chi connectivity index (χ2v) is 4.41. The van der Waals surface area contributed by atoms with Crippen LogP contribution >= 0.6 is 0 Å². The van der Waals surface area contributed by atoms with Crippen LogP contribution < -0.4 is 0 Å². The first-order valence-corrected chi connectivity index (χ1v) is 6.57. The van der Waals surface area contributed by atoms with E-state index < -0.39 is 0 Å². The summed E-state index contributed by atoms with van der Waals surface area (Å²) in [5.41, 5.74) is 0.0543. The molecule has 0 unspecified atom stereocenters. The van der Waals surface area contributed by atoms with E-state index in [9.17, 15) is 4.79 Å². The molecule has 0 saturated heterocycles. The molecule has 0 bridgehead atoms. The minimum atomic E-state index is -0.160. The van der Waals surface area contributed by atoms with Gasteiger partial charge in [0.1, 0.15) is 0 Å². The van der Waals surface area contributed by atoms with E-state index in [2.05, 4.69) is 0 Å². The molecule has 0 heterocycles. The van der Waals surface area contributed by atoms with E-state index in [1.807, 2.05) is 20.8 Å². The molecule has 17 heavy (non-hydrogen) atoms. The minimum Gasteiger partial charge on any atom is -0.466 e. The second kappa shape index (κ2) is 6.97. The summed E-state index contributed by atoms with van der Waals surface area (Å²) in [7, 11) is 0. The molecule has 0 radical (unpaired) electrons. The average Bonchev–Trinajstić information content (AvgIpc) is 3.08. The van der Waals surface area contributed by atoms with Gasteiger partial charge >= 0.3 is 5.97 Å². The van der Waals surface area contributed by atoms with Crippen LogP contribution in [-0.2, 0) is 19.0 Å². The van der Waals surface area contributed by atoms with Gasteiger partial charge in [-0.1, -0.05) is 0 Å². The standard InChI is InChI=1S/C13H24O4/c1-4-15-11(14)7-8-13(9-10-13)12(16-5-2)17-6-3/h12H,4-10H2,1-3H3. The predicted octanol–water partition coefficient (Wildman–Crippen LogP) is 2.51. The van der Waals surface area contributed by atoms with E-state index in [1.54, 1.807) is 0 Å². The van der Waals surface area contributed by atoms with Crippen molar-refractivity contribution in [1.82, 2.24) is 0 Å². The highest BCUT2D eigenvalue weighted by atomic mass is 16.7. The van der Waals surface area contributed by atoms with Gasteiger partial charge in [-0.2, -0.15) is 0 Å². The summed E-state index contributed by atoms with van der Waals surface area (Å²) in [5, 5.41) is 0. The van der Waals surface area contributed by atoms with E-state index in [1.165, 1.54) is 0 Å². The Hall–Kier alpha value is -0.610. The van der Waals surface area contributed by atoms with Crippen molar-refractivity contribution in [2.45, 2.75) is 52.7 Å². The lowest BCUT2D eigenvalue weighted by Gasteiger charge is -2.26. The van der Waals surface area contributed by atoms with Crippen LogP contribution in [0.15, 0.2) is 0 Å². The number of carbonyl (C=O) groups excluding carboxylic acids is 1. The number of esters is 1. The third-order valence-corrected chi connectivity index (χ3v) is 3.16. The van der Waals surface area contributed by atoms with Crippen LogP contribution in [0.25, 0.3) is 0 Å². The summed E-state index contributed by atoms with van der Waals surface area (Å²) in [6, 6.07) is 0. The Morgan fingerprint density at radius 3 is 2.12 bits per heavy atom. The number of hydrogen-bond donors (Lipinski definition) is 0. The van der Waals surface area contributed by atoms with Gasteiger partial charge in [0, 0.05) is 25.0 Å². The molecule has 0 aromatic heterocycles. The molecule has 4 nitrogen and oxygen atoms in total. The van der Waals surface area contributed by atoms with Crippen LogP contribution in [0.5, 0.6) is 0 Å². The van der Waals surface area contributed by atoms with Crippen molar-refractivity contribution in [3.05, 3.63) is 0 Å². The van der Waals surface area contributed by atoms with Crippen LogP contribution in [-0.4, -0.2) is 32.1 Å². The molecular formula is C13H24O4. The Bertz CT molecular complexity index is 230. The van der Waals surface area contributed by atoms with E-state index in [0.717, 1.165) is 19.3 Å². The lowest BCUT2D eigenvalue weighted by molar-refractivity contribution is -0.179. The minimum absolute atomic E-state index is 0.0543. The monoisotopic (exact) mass is 244 g/mol. The summed E-state index contributed by atoms with van der Waals surface area (Å²) in [6.45, 7) is 7.50. The zero-order valence-electron chi connectivity index (χ0n) is 11.2. The predicted molar refractivity (Wildman–Crippen MR) is 64.6 cm³/mol. The van der Waals surface area contributed by atoms with Crippen molar-refractivity contribution in [1.29, 1.82) is 0 Å². The Labute approximate surface area is 104 Å². The average molecular weight is 244 g/mol. The molecule has 0 aromatic rings. The Morgan fingerprint density at radius 2 is 1.71 bits per heavy atom. The normalized spacial score (nSPS) is 17.2. The van der Waals surface area contributed by atoms with Gasteiger partial charge in [0.15, 0.2) is 6.29 Å². The summed E-state index contributed by atoms with van der Waals surface area (Å²) in [5.74, 6) is -0.120. The fraction of sp³-hybridized carbons (Fsp3) is 0.923. The molecule has 1 fully saturated rings. The van der Waals surface area contributed by atoms with Crippen molar-refractivity contribution in [2.24, 2.45) is 5.41 Å². The van der Waals surface area contributed by atoms with Crippen LogP contribution in [0.4, 0.5) is 0 Å². The number of carbonyl (C=O) groups is 1. The van der Waals surface area contributed by atoms with Crippen molar-refractivity contribution in [3.63, 3.8) is 0 Å². The summed E-state index contributed by atoms with van der Waals surface area (Å²) in [4.78, 5) is 11.4. The van der Waals surface area contributed by atoms with Crippen LogP contribution in [0.3, 0.4) is 0 Å². The fourth-order valence-electron chi connectivity index (χ4n) is 2.05. The van der Waals surface area contributed by atoms with Crippen molar-refractivity contribution >= 4 is 5.97 Å². The number of hydrogen-bond acceptors (Lipinski definition) is 4. The molecule has 1 aliphatic rings. The number of ether oxygens (including phenoxy) is 3. The van der Waals surface area contributed by atoms with E-state index in [-0.39, 0.29) is 17.7 Å². The molecule has 0 atom stereocenters. The molecule has 1 rings (SSSR count). The maximum Gasteiger partial charge on any atom is 0.305 e. The van der Waals surface area contributed by atoms with Crippen LogP contribution in [0, 0.1) is 5.41 Å². The molecule has 0 spiro atoms. The third kappa shape index (κ3) is 4.28. The van der Waals surface area contributed by atoms with Gasteiger partial charge in [0.25, 0.3) is 0 Å². The highest BCUT2D eigenvalue weighted by Crippen LogP contribution is 2.54. The zero-order valence-corrected chi connectivity index (χ0v) is 11.2. The fourth-order valence-corrected chi connectivity index (χ4v) is 2.05. The smallest absolute Gasteiger partial charge is 0.305 e. The molecule has 100 valence electrons. The molecular weight excluding hydrogens is 220 g/mol. The van der Waals surface area contributed by atoms with Gasteiger partial charge < -0.3 is 14.2 Å². The highest BCUT2D eigenvalue weighted by Gasteiger charge is 2.50. The maximum absolute atomic E-state index is 11.4. The van der Waals surface area contributed by atoms with Gasteiger partial charge in [-0.3, -0.25) is 4.79 Å². The Kier molecular flexibility index (Phi) is 5.92. The van der Waals surface area contributed by atoms with Gasteiger partial charge in [-0.15, -0.1) is 0 Å². The lowest BCUT2D eigenvalue weighted by Crippen LogP contribution is -2.29. The number of rotatable bonds is 9. The first-order chi connectivity index (χ1) is 8.18. The van der Waals surface area contributed by atoms with Gasteiger partial charge in [-0.05, 0) is 40.0 Å². The van der Waals surface area contributed by atoms with Gasteiger partial charge in [0.05, 0.1) is 6.61 Å². The topological polar surface area (TPSA) is 44.8 Å². The first-order valence-electron chi connectivity index (χ1n) is 6.57. The van der Waals surface area contributed by atoms with Crippen molar-refractivity contribution in [3.8, 4) is 0 Å². The first kappa shape index (κ1) is 14.5. The largest absolute Gasteiger partial charge is 0.466 e. The molecule has 0 amide bonds. The SMILES string of the molecule is CCOC(=O)CCC1(C(OCC)OCC)CC1. The molecule has 1 aliphatic carbocycles. The summed E-state index contributed by atoms with van der Waals surface area (Å²) in [6.07, 6.45) is 3.27. The van der Waals surface area contributed by atoms with Crippen molar-refractivity contribution < 1.29 is 19.0 Å². The molecule has 0 N–H and O–H groups in total. The summed E-state index contributed by atoms with van der Waals surface area (Å²) >= 11 is 0. The Balaban J connectivity index is 2.40. The Morgan fingerprint density at radius 1 is 1.12 bits per heavy atom. The maximum atomic E-state index is 11.4. The van der Waals surface area contributed by atoms with Gasteiger partial charge in [-0.25, -0.2) is 0 Å². The molecule has 1 saturated carbocycles. The van der Waals surface area contributed by atoms with E-state index in [0.29, 0.717) is 26.2 Å². The zero-order chi connectivity index (χ0) is 12.7. The summed E-state index contributed by atoms with van der Waals surface area (Å²) < 4.78 is 16.2. The quantitative estimate of drug-likeness (QED) is 0.462. The second-order valence-electron chi connectivity index (χ2n) is 4.41. The molecule has 0 aromatic carbocycles. The van der Waals surface area contributed by atoms with Crippen LogP contribution in [0.2, 0.25) is 0 Å². The molecule has 0 aliphatic heterocycles. The highest BCUT2D eigenvalue weighted by molar-refractivity contribution is 5.69. The van der Waals surface area contributed by atoms with Crippen LogP contribution in [0.1, 0.15) is 46.5 Å². The molecule has 4 heteroatoms. The third-order valence-electron chi connectivity index (χ3n) is 3.16. The van der Waals surface area contributed by atoms with Gasteiger partial charge in [0.2, 0.25) is 0 Å². The lowest BCUT2D eigenvalue weighted by atomic mass is 9.99. The van der Waals surface area contributed by atoms with Crippen molar-refractivity contribution in [2.75, 3.05) is 19.8 Å².